The van der Waals surface area contributed by atoms with E-state index in [1.54, 1.807) is 0 Å². The summed E-state index contributed by atoms with van der Waals surface area (Å²) in [6.07, 6.45) is 0. The second-order valence-corrected chi connectivity index (χ2v) is 3.40. The lowest BCUT2D eigenvalue weighted by Crippen LogP contribution is -2.01. The van der Waals surface area contributed by atoms with E-state index in [4.69, 9.17) is 11.0 Å². The Hall–Kier alpha value is -2.22. The average Bonchev–Trinajstić information content (AvgIpc) is 2.71. The highest BCUT2D eigenvalue weighted by Gasteiger charge is 2.14. The monoisotopic (exact) mass is 201 g/mol. The van der Waals surface area contributed by atoms with Gasteiger partial charge in [-0.2, -0.15) is 10.4 Å². The van der Waals surface area contributed by atoms with E-state index in [0.717, 1.165) is 11.4 Å². The molecule has 2 heterocycles. The number of nitrogen functional groups attached to an aromatic ring is 1. The molecule has 2 rings (SSSR count). The quantitative estimate of drug-likeness (QED) is 0.728. The first-order valence-corrected chi connectivity index (χ1v) is 4.54. The van der Waals surface area contributed by atoms with Gasteiger partial charge in [-0.15, -0.1) is 0 Å². The molecule has 0 saturated heterocycles. The molecule has 0 aliphatic carbocycles. The summed E-state index contributed by atoms with van der Waals surface area (Å²) < 4.78 is 1.89. The van der Waals surface area contributed by atoms with Crippen molar-refractivity contribution >= 4 is 5.82 Å². The summed E-state index contributed by atoms with van der Waals surface area (Å²) in [5.41, 5.74) is 8.04. The third-order valence-corrected chi connectivity index (χ3v) is 2.37. The highest BCUT2D eigenvalue weighted by molar-refractivity contribution is 5.58. The number of anilines is 1. The number of hydrogen-bond donors (Lipinski definition) is 2. The van der Waals surface area contributed by atoms with Gasteiger partial charge in [-0.25, -0.2) is 0 Å². The van der Waals surface area contributed by atoms with Gasteiger partial charge in [-0.1, -0.05) is 0 Å². The number of nitriles is 1. The van der Waals surface area contributed by atoms with Gasteiger partial charge in [0.2, 0.25) is 0 Å². The summed E-state index contributed by atoms with van der Waals surface area (Å²) in [5, 5.41) is 15.6. The molecule has 5 heteroatoms. The van der Waals surface area contributed by atoms with Crippen molar-refractivity contribution in [3.8, 4) is 11.9 Å². The molecule has 0 spiro atoms. The largest absolute Gasteiger partial charge is 0.383 e. The van der Waals surface area contributed by atoms with Crippen molar-refractivity contribution in [2.24, 2.45) is 0 Å². The van der Waals surface area contributed by atoms with E-state index >= 15 is 0 Å². The van der Waals surface area contributed by atoms with Gasteiger partial charge in [-0.05, 0) is 26.0 Å². The molecule has 76 valence electrons. The molecule has 3 N–H and O–H groups in total. The summed E-state index contributed by atoms with van der Waals surface area (Å²) in [6, 6.07) is 5.99. The minimum Gasteiger partial charge on any atom is -0.383 e. The Kier molecular flexibility index (Phi) is 1.97. The van der Waals surface area contributed by atoms with Crippen molar-refractivity contribution in [2.75, 3.05) is 5.73 Å². The van der Waals surface area contributed by atoms with Crippen molar-refractivity contribution < 1.29 is 0 Å². The molecule has 0 aliphatic heterocycles. The topological polar surface area (TPSA) is 83.4 Å². The first-order chi connectivity index (χ1) is 7.15. The van der Waals surface area contributed by atoms with Gasteiger partial charge < -0.3 is 10.3 Å². The maximum Gasteiger partial charge on any atom is 0.179 e. The molecule has 0 amide bonds. The Morgan fingerprint density at radius 1 is 1.40 bits per heavy atom. The molecule has 2 aromatic rings. The number of nitrogens with two attached hydrogens (primary N) is 1. The fraction of sp³-hybridized carbons (Fsp3) is 0.200. The van der Waals surface area contributed by atoms with Crippen LogP contribution >= 0.6 is 0 Å². The fourth-order valence-corrected chi connectivity index (χ4v) is 1.62. The van der Waals surface area contributed by atoms with Crippen LogP contribution < -0.4 is 5.73 Å². The average molecular weight is 201 g/mol. The normalized spacial score (nSPS) is 10.2. The molecular weight excluding hydrogens is 190 g/mol. The Morgan fingerprint density at radius 2 is 2.00 bits per heavy atom. The van der Waals surface area contributed by atoms with Crippen molar-refractivity contribution in [3.63, 3.8) is 0 Å². The van der Waals surface area contributed by atoms with Crippen molar-refractivity contribution in [1.29, 1.82) is 5.26 Å². The van der Waals surface area contributed by atoms with Gasteiger partial charge in [-0.3, -0.25) is 5.10 Å². The molecule has 0 bridgehead atoms. The first kappa shape index (κ1) is 9.34. The van der Waals surface area contributed by atoms with Crippen LogP contribution in [0.4, 0.5) is 5.82 Å². The Morgan fingerprint density at radius 3 is 2.53 bits per heavy atom. The molecule has 0 aliphatic rings. The van der Waals surface area contributed by atoms with Gasteiger partial charge in [0, 0.05) is 11.4 Å². The Balaban J connectivity index is 2.70. The molecule has 0 unspecified atom stereocenters. The summed E-state index contributed by atoms with van der Waals surface area (Å²) >= 11 is 0. The molecule has 0 radical (unpaired) electrons. The minimum atomic E-state index is 0.306. The van der Waals surface area contributed by atoms with Crippen LogP contribution in [0.15, 0.2) is 12.1 Å². The zero-order valence-electron chi connectivity index (χ0n) is 8.57. The van der Waals surface area contributed by atoms with E-state index in [-0.39, 0.29) is 0 Å². The minimum absolute atomic E-state index is 0.306. The first-order valence-electron chi connectivity index (χ1n) is 4.54. The van der Waals surface area contributed by atoms with Crippen molar-refractivity contribution in [2.45, 2.75) is 13.8 Å². The number of nitrogens with zero attached hydrogens (tertiary/aromatic N) is 3. The number of rotatable bonds is 1. The Labute approximate surface area is 87.1 Å². The van der Waals surface area contributed by atoms with Crippen LogP contribution in [0.3, 0.4) is 0 Å². The van der Waals surface area contributed by atoms with Gasteiger partial charge >= 0.3 is 0 Å². The number of aromatic amines is 1. The summed E-state index contributed by atoms with van der Waals surface area (Å²) in [4.78, 5) is 0. The lowest BCUT2D eigenvalue weighted by Gasteiger charge is -2.05. The van der Waals surface area contributed by atoms with E-state index in [1.807, 2.05) is 36.6 Å². The Bertz CT molecular complexity index is 521. The summed E-state index contributed by atoms with van der Waals surface area (Å²) in [7, 11) is 0. The number of hydrogen-bond acceptors (Lipinski definition) is 3. The molecule has 0 saturated carbocycles. The second kappa shape index (κ2) is 3.17. The van der Waals surface area contributed by atoms with Gasteiger partial charge in [0.05, 0.1) is 0 Å². The third-order valence-electron chi connectivity index (χ3n) is 2.37. The van der Waals surface area contributed by atoms with E-state index in [1.165, 1.54) is 0 Å². The number of aromatic nitrogens is 3. The van der Waals surface area contributed by atoms with Crippen LogP contribution in [0.5, 0.6) is 0 Å². The molecule has 15 heavy (non-hydrogen) atoms. The second-order valence-electron chi connectivity index (χ2n) is 3.40. The van der Waals surface area contributed by atoms with Crippen LogP contribution in [0.25, 0.3) is 5.82 Å². The molecule has 0 aromatic carbocycles. The number of nitrogens with one attached hydrogen (secondary N) is 1. The maximum absolute atomic E-state index is 8.97. The van der Waals surface area contributed by atoms with Crippen molar-refractivity contribution in [3.05, 3.63) is 29.1 Å². The molecule has 0 atom stereocenters. The van der Waals surface area contributed by atoms with E-state index in [2.05, 4.69) is 10.2 Å². The smallest absolute Gasteiger partial charge is 0.179 e. The zero-order chi connectivity index (χ0) is 11.0. The SMILES string of the molecule is Cc1ccc(C)n1-c1n[nH]c(N)c1C#N. The van der Waals surface area contributed by atoms with Crippen LogP contribution in [0.1, 0.15) is 17.0 Å². The van der Waals surface area contributed by atoms with E-state index in [9.17, 15) is 0 Å². The van der Waals surface area contributed by atoms with E-state index < -0.39 is 0 Å². The highest BCUT2D eigenvalue weighted by atomic mass is 15.2. The predicted octanol–water partition coefficient (Wildman–Crippen LogP) is 1.27. The fourth-order valence-electron chi connectivity index (χ4n) is 1.62. The maximum atomic E-state index is 8.97. The van der Waals surface area contributed by atoms with Crippen LogP contribution in [0, 0.1) is 25.2 Å². The molecule has 2 aromatic heterocycles. The summed E-state index contributed by atoms with van der Waals surface area (Å²) in [6.45, 7) is 3.91. The van der Waals surface area contributed by atoms with Gasteiger partial charge in [0.1, 0.15) is 17.5 Å². The van der Waals surface area contributed by atoms with E-state index in [0.29, 0.717) is 17.2 Å². The van der Waals surface area contributed by atoms with Crippen LogP contribution in [0.2, 0.25) is 0 Å². The lowest BCUT2D eigenvalue weighted by molar-refractivity contribution is 0.901. The standard InChI is InChI=1S/C10H11N5/c1-6-3-4-7(2)15(6)10-8(5-11)9(12)13-14-10/h3-4H,1-2H3,(H3,12,13,14). The molecule has 5 nitrogen and oxygen atoms in total. The lowest BCUT2D eigenvalue weighted by atomic mass is 10.3. The van der Waals surface area contributed by atoms with Gasteiger partial charge in [0.25, 0.3) is 0 Å². The number of aryl methyl sites for hydroxylation is 2. The summed E-state index contributed by atoms with van der Waals surface area (Å²) in [5.74, 6) is 0.870. The third kappa shape index (κ3) is 1.27. The van der Waals surface area contributed by atoms with Gasteiger partial charge in [0.15, 0.2) is 5.82 Å². The van der Waals surface area contributed by atoms with Crippen LogP contribution in [-0.4, -0.2) is 14.8 Å². The number of H-pyrrole nitrogens is 1. The molecule has 0 fully saturated rings. The zero-order valence-corrected chi connectivity index (χ0v) is 8.57. The highest BCUT2D eigenvalue weighted by Crippen LogP contribution is 2.20. The van der Waals surface area contributed by atoms with Crippen molar-refractivity contribution in [1.82, 2.24) is 14.8 Å². The van der Waals surface area contributed by atoms with Crippen LogP contribution in [-0.2, 0) is 0 Å². The molecular formula is C10H11N5. The predicted molar refractivity (Wildman–Crippen MR) is 56.5 cm³/mol.